The van der Waals surface area contributed by atoms with Gasteiger partial charge in [-0.3, -0.25) is 14.5 Å². The average molecular weight is 452 g/mol. The standard InChI is InChI=1S/C22H33N3O5S/c1-3-31(28,29)25-9-7-20(8-10-25)22(27)30-17-21(26)24-13-11-23(12-14-24)16-19-6-4-5-18(2)15-19/h4-6,15,20H,3,7-14,16-17H2,1-2H3. The number of rotatable bonds is 7. The summed E-state index contributed by atoms with van der Waals surface area (Å²) in [6, 6.07) is 8.44. The number of aryl methyl sites for hydroxylation is 1. The van der Waals surface area contributed by atoms with E-state index in [1.165, 1.54) is 15.4 Å². The maximum Gasteiger partial charge on any atom is 0.309 e. The van der Waals surface area contributed by atoms with Crippen LogP contribution in [0.4, 0.5) is 0 Å². The van der Waals surface area contributed by atoms with E-state index in [9.17, 15) is 18.0 Å². The summed E-state index contributed by atoms with van der Waals surface area (Å²) in [6.07, 6.45) is 0.869. The largest absolute Gasteiger partial charge is 0.455 e. The number of carbonyl (C=O) groups excluding carboxylic acids is 2. The Morgan fingerprint density at radius 1 is 1.06 bits per heavy atom. The summed E-state index contributed by atoms with van der Waals surface area (Å²) in [4.78, 5) is 28.9. The second-order valence-corrected chi connectivity index (χ2v) is 10.6. The summed E-state index contributed by atoms with van der Waals surface area (Å²) in [7, 11) is -3.22. The van der Waals surface area contributed by atoms with Gasteiger partial charge in [0.2, 0.25) is 10.0 Å². The highest BCUT2D eigenvalue weighted by Gasteiger charge is 2.31. The number of esters is 1. The molecule has 0 aromatic heterocycles. The zero-order chi connectivity index (χ0) is 22.4. The van der Waals surface area contributed by atoms with E-state index in [1.54, 1.807) is 11.8 Å². The lowest BCUT2D eigenvalue weighted by Gasteiger charge is -2.35. The van der Waals surface area contributed by atoms with Crippen molar-refractivity contribution in [2.45, 2.75) is 33.2 Å². The molecule has 2 aliphatic heterocycles. The first-order valence-corrected chi connectivity index (χ1v) is 12.6. The molecule has 0 radical (unpaired) electrons. The number of piperazine rings is 1. The molecule has 0 bridgehead atoms. The molecule has 2 saturated heterocycles. The van der Waals surface area contributed by atoms with Gasteiger partial charge in [0.15, 0.2) is 6.61 Å². The van der Waals surface area contributed by atoms with Crippen molar-refractivity contribution in [3.63, 3.8) is 0 Å². The lowest BCUT2D eigenvalue weighted by molar-refractivity contribution is -0.157. The van der Waals surface area contributed by atoms with Gasteiger partial charge in [-0.05, 0) is 32.3 Å². The minimum absolute atomic E-state index is 0.0644. The number of ether oxygens (including phenoxy) is 1. The molecule has 1 amide bonds. The third kappa shape index (κ3) is 6.51. The third-order valence-electron chi connectivity index (χ3n) is 6.10. The van der Waals surface area contributed by atoms with Crippen molar-refractivity contribution in [2.75, 3.05) is 51.6 Å². The van der Waals surface area contributed by atoms with Gasteiger partial charge in [0.25, 0.3) is 5.91 Å². The number of nitrogens with zero attached hydrogens (tertiary/aromatic N) is 3. The van der Waals surface area contributed by atoms with Crippen LogP contribution in [0.25, 0.3) is 0 Å². The molecule has 2 fully saturated rings. The molecular weight excluding hydrogens is 418 g/mol. The van der Waals surface area contributed by atoms with E-state index in [0.29, 0.717) is 39.0 Å². The first-order valence-electron chi connectivity index (χ1n) is 11.0. The van der Waals surface area contributed by atoms with Gasteiger partial charge < -0.3 is 9.64 Å². The van der Waals surface area contributed by atoms with E-state index in [-0.39, 0.29) is 24.2 Å². The average Bonchev–Trinajstić information content (AvgIpc) is 2.78. The molecule has 172 valence electrons. The SMILES string of the molecule is CCS(=O)(=O)N1CCC(C(=O)OCC(=O)N2CCN(Cc3cccc(C)c3)CC2)CC1. The number of hydrogen-bond donors (Lipinski definition) is 0. The minimum atomic E-state index is -3.22. The zero-order valence-corrected chi connectivity index (χ0v) is 19.3. The van der Waals surface area contributed by atoms with Crippen molar-refractivity contribution in [2.24, 2.45) is 5.92 Å². The summed E-state index contributed by atoms with van der Waals surface area (Å²) < 4.78 is 30.5. The fourth-order valence-electron chi connectivity index (χ4n) is 4.12. The van der Waals surface area contributed by atoms with Crippen LogP contribution in [-0.4, -0.2) is 86.0 Å². The number of hydrogen-bond acceptors (Lipinski definition) is 6. The molecule has 1 aromatic carbocycles. The number of amides is 1. The highest BCUT2D eigenvalue weighted by molar-refractivity contribution is 7.89. The van der Waals surface area contributed by atoms with Crippen LogP contribution in [0.3, 0.4) is 0 Å². The number of benzene rings is 1. The number of piperidine rings is 1. The van der Waals surface area contributed by atoms with Crippen molar-refractivity contribution in [3.05, 3.63) is 35.4 Å². The van der Waals surface area contributed by atoms with Crippen LogP contribution in [0, 0.1) is 12.8 Å². The fraction of sp³-hybridized carbons (Fsp3) is 0.636. The summed E-state index contributed by atoms with van der Waals surface area (Å²) >= 11 is 0. The molecule has 0 unspecified atom stereocenters. The van der Waals surface area contributed by atoms with Crippen molar-refractivity contribution in [3.8, 4) is 0 Å². The Morgan fingerprint density at radius 2 is 1.74 bits per heavy atom. The summed E-state index contributed by atoms with van der Waals surface area (Å²) in [6.45, 7) is 7.79. The van der Waals surface area contributed by atoms with Crippen LogP contribution in [0.15, 0.2) is 24.3 Å². The molecule has 9 heteroatoms. The van der Waals surface area contributed by atoms with Crippen molar-refractivity contribution < 1.29 is 22.7 Å². The first-order chi connectivity index (χ1) is 14.8. The van der Waals surface area contributed by atoms with Gasteiger partial charge in [-0.2, -0.15) is 0 Å². The van der Waals surface area contributed by atoms with Crippen molar-refractivity contribution in [1.82, 2.24) is 14.1 Å². The summed E-state index contributed by atoms with van der Waals surface area (Å²) in [5, 5.41) is 0. The van der Waals surface area contributed by atoms with Crippen molar-refractivity contribution in [1.29, 1.82) is 0 Å². The van der Waals surface area contributed by atoms with Crippen LogP contribution in [0.2, 0.25) is 0 Å². The van der Waals surface area contributed by atoms with E-state index in [2.05, 4.69) is 36.1 Å². The Bertz CT molecular complexity index is 873. The van der Waals surface area contributed by atoms with E-state index in [4.69, 9.17) is 4.74 Å². The van der Waals surface area contributed by atoms with Gasteiger partial charge in [-0.15, -0.1) is 0 Å². The Labute approximate surface area is 185 Å². The molecule has 31 heavy (non-hydrogen) atoms. The predicted molar refractivity (Wildman–Crippen MR) is 118 cm³/mol. The third-order valence-corrected chi connectivity index (χ3v) is 7.98. The van der Waals surface area contributed by atoms with Crippen LogP contribution >= 0.6 is 0 Å². The Balaban J connectivity index is 1.37. The van der Waals surface area contributed by atoms with E-state index in [0.717, 1.165) is 19.6 Å². The molecule has 1 aromatic rings. The Kier molecular flexibility index (Phi) is 8.07. The fourth-order valence-corrected chi connectivity index (χ4v) is 5.25. The van der Waals surface area contributed by atoms with Gasteiger partial charge in [0.05, 0.1) is 11.7 Å². The van der Waals surface area contributed by atoms with E-state index >= 15 is 0 Å². The number of sulfonamides is 1. The minimum Gasteiger partial charge on any atom is -0.455 e. The normalized spacial score (nSPS) is 19.4. The Hall–Kier alpha value is -1.97. The molecule has 8 nitrogen and oxygen atoms in total. The van der Waals surface area contributed by atoms with Crippen LogP contribution < -0.4 is 0 Å². The topological polar surface area (TPSA) is 87.2 Å². The smallest absolute Gasteiger partial charge is 0.309 e. The molecule has 3 rings (SSSR count). The van der Waals surface area contributed by atoms with Crippen LogP contribution in [-0.2, 0) is 30.9 Å². The van der Waals surface area contributed by atoms with E-state index in [1.807, 2.05) is 0 Å². The molecular formula is C22H33N3O5S. The molecule has 0 aliphatic carbocycles. The maximum absolute atomic E-state index is 12.5. The summed E-state index contributed by atoms with van der Waals surface area (Å²) in [5.74, 6) is -0.855. The van der Waals surface area contributed by atoms with Gasteiger partial charge in [0.1, 0.15) is 0 Å². The first kappa shape index (κ1) is 23.7. The maximum atomic E-state index is 12.5. The molecule has 0 atom stereocenters. The lowest BCUT2D eigenvalue weighted by atomic mass is 9.98. The second-order valence-electron chi connectivity index (χ2n) is 8.33. The lowest BCUT2D eigenvalue weighted by Crippen LogP contribution is -2.49. The predicted octanol–water partition coefficient (Wildman–Crippen LogP) is 1.24. The molecule has 2 aliphatic rings. The molecule has 0 N–H and O–H groups in total. The Morgan fingerprint density at radius 3 is 2.35 bits per heavy atom. The van der Waals surface area contributed by atoms with E-state index < -0.39 is 16.0 Å². The summed E-state index contributed by atoms with van der Waals surface area (Å²) in [5.41, 5.74) is 2.51. The highest BCUT2D eigenvalue weighted by Crippen LogP contribution is 2.21. The number of carbonyl (C=O) groups is 2. The highest BCUT2D eigenvalue weighted by atomic mass is 32.2. The van der Waals surface area contributed by atoms with Crippen molar-refractivity contribution >= 4 is 21.9 Å². The molecule has 2 heterocycles. The van der Waals surface area contributed by atoms with Gasteiger partial charge in [-0.25, -0.2) is 12.7 Å². The van der Waals surface area contributed by atoms with Gasteiger partial charge in [-0.1, -0.05) is 29.8 Å². The zero-order valence-electron chi connectivity index (χ0n) is 18.5. The second kappa shape index (κ2) is 10.6. The molecule has 0 spiro atoms. The van der Waals surface area contributed by atoms with Gasteiger partial charge in [0, 0.05) is 45.8 Å². The quantitative estimate of drug-likeness (QED) is 0.580. The molecule has 0 saturated carbocycles. The van der Waals surface area contributed by atoms with Crippen LogP contribution in [0.1, 0.15) is 30.9 Å². The monoisotopic (exact) mass is 451 g/mol. The van der Waals surface area contributed by atoms with Crippen LogP contribution in [0.5, 0.6) is 0 Å². The van der Waals surface area contributed by atoms with Gasteiger partial charge >= 0.3 is 5.97 Å².